The second-order valence-electron chi connectivity index (χ2n) is 5.35. The topological polar surface area (TPSA) is 35.8 Å². The molecule has 0 saturated carbocycles. The van der Waals surface area contributed by atoms with Gasteiger partial charge in [0.2, 0.25) is 0 Å². The number of hydrogen-bond acceptors (Lipinski definition) is 3. The molecule has 3 heteroatoms. The van der Waals surface area contributed by atoms with Crippen molar-refractivity contribution in [2.45, 2.75) is 53.0 Å². The summed E-state index contributed by atoms with van der Waals surface area (Å²) in [6, 6.07) is 6.79. The number of hydrogen-bond donors (Lipinski definition) is 1. The van der Waals surface area contributed by atoms with Crippen molar-refractivity contribution in [2.24, 2.45) is 5.41 Å². The summed E-state index contributed by atoms with van der Waals surface area (Å²) in [5, 5.41) is 12.4. The second kappa shape index (κ2) is 7.56. The molecule has 2 nitrogen and oxygen atoms in total. The first-order chi connectivity index (χ1) is 8.57. The Labute approximate surface area is 115 Å². The zero-order valence-corrected chi connectivity index (χ0v) is 12.6. The van der Waals surface area contributed by atoms with E-state index in [4.69, 9.17) is 5.26 Å². The lowest BCUT2D eigenvalue weighted by Crippen LogP contribution is -2.15. The Bertz CT molecular complexity index is 387. The van der Waals surface area contributed by atoms with E-state index in [-0.39, 0.29) is 5.41 Å². The van der Waals surface area contributed by atoms with Gasteiger partial charge in [0.25, 0.3) is 0 Å². The zero-order valence-electron chi connectivity index (χ0n) is 11.8. The van der Waals surface area contributed by atoms with Crippen LogP contribution in [0.3, 0.4) is 0 Å². The summed E-state index contributed by atoms with van der Waals surface area (Å²) in [7, 11) is 0. The Morgan fingerprint density at radius 2 is 2.00 bits per heavy atom. The fourth-order valence-corrected chi connectivity index (χ4v) is 2.72. The van der Waals surface area contributed by atoms with Crippen molar-refractivity contribution in [1.82, 2.24) is 5.32 Å². The quantitative estimate of drug-likeness (QED) is 0.717. The molecule has 1 N–H and O–H groups in total. The van der Waals surface area contributed by atoms with E-state index in [1.165, 1.54) is 9.75 Å². The fraction of sp³-hybridized carbons (Fsp3) is 0.667. The number of unbranched alkanes of at least 4 members (excludes halogenated alkanes) is 1. The van der Waals surface area contributed by atoms with Crippen LogP contribution >= 0.6 is 11.3 Å². The van der Waals surface area contributed by atoms with Gasteiger partial charge in [-0.1, -0.05) is 13.3 Å². The zero-order chi connectivity index (χ0) is 13.4. The Morgan fingerprint density at radius 3 is 2.61 bits per heavy atom. The minimum atomic E-state index is -0.163. The summed E-state index contributed by atoms with van der Waals surface area (Å²) in [6.45, 7) is 8.24. The van der Waals surface area contributed by atoms with Gasteiger partial charge >= 0.3 is 0 Å². The summed E-state index contributed by atoms with van der Waals surface area (Å²) in [5.74, 6) is 0. The molecule has 100 valence electrons. The lowest BCUT2D eigenvalue weighted by atomic mass is 9.89. The van der Waals surface area contributed by atoms with Gasteiger partial charge in [0.15, 0.2) is 0 Å². The number of nitrogens with zero attached hydrogens (tertiary/aromatic N) is 1. The van der Waals surface area contributed by atoms with Crippen molar-refractivity contribution in [3.8, 4) is 6.07 Å². The number of nitriles is 1. The summed E-state index contributed by atoms with van der Waals surface area (Å²) >= 11 is 1.90. The van der Waals surface area contributed by atoms with Crippen molar-refractivity contribution in [1.29, 1.82) is 5.26 Å². The van der Waals surface area contributed by atoms with Crippen molar-refractivity contribution in [3.63, 3.8) is 0 Å². The molecule has 0 saturated heterocycles. The number of aryl methyl sites for hydroxylation is 1. The molecule has 0 aliphatic rings. The fourth-order valence-electron chi connectivity index (χ4n) is 1.79. The van der Waals surface area contributed by atoms with Gasteiger partial charge < -0.3 is 5.32 Å². The Kier molecular flexibility index (Phi) is 6.38. The maximum atomic E-state index is 8.91. The highest BCUT2D eigenvalue weighted by Crippen LogP contribution is 2.21. The molecule has 0 amide bonds. The van der Waals surface area contributed by atoms with Crippen LogP contribution in [0, 0.1) is 16.7 Å². The molecule has 0 atom stereocenters. The number of thiophene rings is 1. The highest BCUT2D eigenvalue weighted by molar-refractivity contribution is 7.11. The van der Waals surface area contributed by atoms with E-state index in [9.17, 15) is 0 Å². The molecule has 0 aromatic carbocycles. The Balaban J connectivity index is 2.07. The van der Waals surface area contributed by atoms with Gasteiger partial charge in [-0.05, 0) is 51.8 Å². The van der Waals surface area contributed by atoms with Gasteiger partial charge in [-0.25, -0.2) is 0 Å². The molecule has 0 fully saturated rings. The van der Waals surface area contributed by atoms with Crippen LogP contribution in [0.5, 0.6) is 0 Å². The van der Waals surface area contributed by atoms with Crippen LogP contribution in [0.2, 0.25) is 0 Å². The number of nitrogens with one attached hydrogen (secondary N) is 1. The second-order valence-corrected chi connectivity index (χ2v) is 6.60. The first-order valence-electron chi connectivity index (χ1n) is 6.77. The van der Waals surface area contributed by atoms with Gasteiger partial charge in [0.1, 0.15) is 0 Å². The van der Waals surface area contributed by atoms with Crippen molar-refractivity contribution >= 4 is 11.3 Å². The average Bonchev–Trinajstić information content (AvgIpc) is 2.81. The summed E-state index contributed by atoms with van der Waals surface area (Å²) in [6.07, 6.45) is 4.40. The monoisotopic (exact) mass is 264 g/mol. The van der Waals surface area contributed by atoms with Gasteiger partial charge in [-0.3, -0.25) is 0 Å². The largest absolute Gasteiger partial charge is 0.312 e. The number of rotatable bonds is 8. The molecule has 0 unspecified atom stereocenters. The standard InChI is InChI=1S/C15H24N2S/c1-4-13-7-8-14(18-13)11-17-10-6-5-9-15(2,3)12-16/h7-8,17H,4-6,9-11H2,1-3H3. The lowest BCUT2D eigenvalue weighted by Gasteiger charge is -2.14. The molecular formula is C15H24N2S. The van der Waals surface area contributed by atoms with E-state index in [0.717, 1.165) is 38.8 Å². The molecule has 1 heterocycles. The molecule has 1 aromatic rings. The van der Waals surface area contributed by atoms with E-state index in [1.807, 2.05) is 25.2 Å². The van der Waals surface area contributed by atoms with Crippen molar-refractivity contribution in [3.05, 3.63) is 21.9 Å². The molecule has 0 aliphatic carbocycles. The molecule has 1 rings (SSSR count). The first-order valence-corrected chi connectivity index (χ1v) is 7.58. The van der Waals surface area contributed by atoms with Crippen molar-refractivity contribution in [2.75, 3.05) is 6.54 Å². The summed E-state index contributed by atoms with van der Waals surface area (Å²) in [4.78, 5) is 2.88. The lowest BCUT2D eigenvalue weighted by molar-refractivity contribution is 0.422. The average molecular weight is 264 g/mol. The van der Waals surface area contributed by atoms with E-state index in [0.29, 0.717) is 0 Å². The van der Waals surface area contributed by atoms with Crippen LogP contribution in [0.25, 0.3) is 0 Å². The molecule has 18 heavy (non-hydrogen) atoms. The van der Waals surface area contributed by atoms with Crippen LogP contribution < -0.4 is 5.32 Å². The minimum absolute atomic E-state index is 0.163. The maximum Gasteiger partial charge on any atom is 0.0683 e. The van der Waals surface area contributed by atoms with Crippen LogP contribution in [0.1, 0.15) is 49.8 Å². The third-order valence-electron chi connectivity index (χ3n) is 3.07. The van der Waals surface area contributed by atoms with E-state index >= 15 is 0 Å². The predicted molar refractivity (Wildman–Crippen MR) is 78.6 cm³/mol. The van der Waals surface area contributed by atoms with Gasteiger partial charge in [-0.2, -0.15) is 5.26 Å². The van der Waals surface area contributed by atoms with E-state index in [1.54, 1.807) is 0 Å². The maximum absolute atomic E-state index is 8.91. The third-order valence-corrected chi connectivity index (χ3v) is 4.30. The molecule has 0 spiro atoms. The molecule has 1 aromatic heterocycles. The molecule has 0 bridgehead atoms. The predicted octanol–water partition coefficient (Wildman–Crippen LogP) is 4.12. The Hall–Kier alpha value is -0.850. The molecular weight excluding hydrogens is 240 g/mol. The van der Waals surface area contributed by atoms with Crippen LogP contribution in [-0.4, -0.2) is 6.54 Å². The van der Waals surface area contributed by atoms with E-state index < -0.39 is 0 Å². The van der Waals surface area contributed by atoms with Crippen LogP contribution in [0.15, 0.2) is 12.1 Å². The molecule has 0 radical (unpaired) electrons. The summed E-state index contributed by atoms with van der Waals surface area (Å²) < 4.78 is 0. The molecule has 0 aliphatic heterocycles. The van der Waals surface area contributed by atoms with E-state index in [2.05, 4.69) is 30.4 Å². The van der Waals surface area contributed by atoms with Gasteiger partial charge in [0.05, 0.1) is 11.5 Å². The smallest absolute Gasteiger partial charge is 0.0683 e. The summed E-state index contributed by atoms with van der Waals surface area (Å²) in [5.41, 5.74) is -0.163. The van der Waals surface area contributed by atoms with Crippen LogP contribution in [-0.2, 0) is 13.0 Å². The van der Waals surface area contributed by atoms with Gasteiger partial charge in [-0.15, -0.1) is 11.3 Å². The SMILES string of the molecule is CCc1ccc(CNCCCCC(C)(C)C#N)s1. The highest BCUT2D eigenvalue weighted by atomic mass is 32.1. The normalized spacial score (nSPS) is 11.4. The first kappa shape index (κ1) is 15.2. The third kappa shape index (κ3) is 5.66. The van der Waals surface area contributed by atoms with Gasteiger partial charge in [0, 0.05) is 16.3 Å². The minimum Gasteiger partial charge on any atom is -0.312 e. The highest BCUT2D eigenvalue weighted by Gasteiger charge is 2.15. The van der Waals surface area contributed by atoms with Crippen molar-refractivity contribution < 1.29 is 0 Å². The van der Waals surface area contributed by atoms with Crippen LogP contribution in [0.4, 0.5) is 0 Å². The Morgan fingerprint density at radius 1 is 1.28 bits per heavy atom.